The zero-order chi connectivity index (χ0) is 30.9. The maximum absolute atomic E-state index is 14.7. The number of rotatable bonds is 9. The van der Waals surface area contributed by atoms with E-state index in [2.05, 4.69) is 10.6 Å². The van der Waals surface area contributed by atoms with Gasteiger partial charge in [0.25, 0.3) is 0 Å². The SMILES string of the molecule is CC(C)[C@H](NC(=O)[C@]1(NC(=O)Cc2ccc(Cl)cc2)CCc2c(c3ccccc3n2Cc2c(F)cccc2F)C1)C(N)=O. The summed E-state index contributed by atoms with van der Waals surface area (Å²) in [5, 5.41) is 7.14. The highest BCUT2D eigenvalue weighted by molar-refractivity contribution is 6.30. The Bertz CT molecular complexity index is 1680. The number of fused-ring (bicyclic) bond motifs is 3. The summed E-state index contributed by atoms with van der Waals surface area (Å²) in [4.78, 5) is 39.7. The van der Waals surface area contributed by atoms with E-state index in [0.29, 0.717) is 11.4 Å². The summed E-state index contributed by atoms with van der Waals surface area (Å²) >= 11 is 6.00. The van der Waals surface area contributed by atoms with Gasteiger partial charge in [-0.3, -0.25) is 14.4 Å². The predicted octanol–water partition coefficient (Wildman–Crippen LogP) is 4.83. The summed E-state index contributed by atoms with van der Waals surface area (Å²) in [6.07, 6.45) is 0.643. The van der Waals surface area contributed by atoms with Gasteiger partial charge in [0.05, 0.1) is 13.0 Å². The zero-order valence-corrected chi connectivity index (χ0v) is 24.7. The number of halogens is 3. The third-order valence-corrected chi connectivity index (χ3v) is 8.44. The molecule has 10 heteroatoms. The quantitative estimate of drug-likeness (QED) is 0.254. The van der Waals surface area contributed by atoms with Gasteiger partial charge in [-0.1, -0.05) is 61.8 Å². The maximum Gasteiger partial charge on any atom is 0.246 e. The van der Waals surface area contributed by atoms with Crippen molar-refractivity contribution in [3.63, 3.8) is 0 Å². The number of nitrogens with zero attached hydrogens (tertiary/aromatic N) is 1. The molecular weight excluding hydrogens is 574 g/mol. The van der Waals surface area contributed by atoms with E-state index in [0.717, 1.165) is 27.7 Å². The molecule has 1 aromatic heterocycles. The predicted molar refractivity (Wildman–Crippen MR) is 161 cm³/mol. The minimum absolute atomic E-state index is 0.0107. The van der Waals surface area contributed by atoms with Gasteiger partial charge in [0.2, 0.25) is 17.7 Å². The molecule has 2 atom stereocenters. The average Bonchev–Trinajstić information content (AvgIpc) is 3.26. The Morgan fingerprint density at radius 2 is 1.67 bits per heavy atom. The van der Waals surface area contributed by atoms with E-state index in [1.54, 1.807) is 38.1 Å². The first-order valence-corrected chi connectivity index (χ1v) is 14.5. The monoisotopic (exact) mass is 606 g/mol. The fourth-order valence-electron chi connectivity index (χ4n) is 5.96. The molecule has 3 aromatic carbocycles. The minimum atomic E-state index is -1.41. The number of nitrogens with one attached hydrogen (secondary N) is 2. The maximum atomic E-state index is 14.7. The van der Waals surface area contributed by atoms with Crippen LogP contribution in [0.25, 0.3) is 10.9 Å². The molecule has 0 spiro atoms. The number of hydrogen-bond acceptors (Lipinski definition) is 3. The highest BCUT2D eigenvalue weighted by Gasteiger charge is 2.45. The number of amides is 3. The molecule has 0 fully saturated rings. The van der Waals surface area contributed by atoms with E-state index in [1.807, 2.05) is 28.8 Å². The average molecular weight is 607 g/mol. The molecule has 0 saturated carbocycles. The fraction of sp³-hybridized carbons (Fsp3) is 0.303. The molecule has 0 radical (unpaired) electrons. The van der Waals surface area contributed by atoms with E-state index in [-0.39, 0.29) is 43.2 Å². The van der Waals surface area contributed by atoms with Crippen molar-refractivity contribution in [1.82, 2.24) is 15.2 Å². The van der Waals surface area contributed by atoms with Crippen molar-refractivity contribution in [2.45, 2.75) is 57.7 Å². The number of nitrogens with two attached hydrogens (primary N) is 1. The lowest BCUT2D eigenvalue weighted by Crippen LogP contribution is -2.64. The minimum Gasteiger partial charge on any atom is -0.368 e. The summed E-state index contributed by atoms with van der Waals surface area (Å²) in [7, 11) is 0. The van der Waals surface area contributed by atoms with Crippen molar-refractivity contribution < 1.29 is 23.2 Å². The highest BCUT2D eigenvalue weighted by atomic mass is 35.5. The molecule has 224 valence electrons. The van der Waals surface area contributed by atoms with Crippen molar-refractivity contribution in [2.75, 3.05) is 0 Å². The van der Waals surface area contributed by atoms with Gasteiger partial charge < -0.3 is 20.9 Å². The van der Waals surface area contributed by atoms with E-state index < -0.39 is 35.0 Å². The van der Waals surface area contributed by atoms with Gasteiger partial charge >= 0.3 is 0 Å². The van der Waals surface area contributed by atoms with Crippen LogP contribution in [0, 0.1) is 17.6 Å². The molecule has 0 unspecified atom stereocenters. The van der Waals surface area contributed by atoms with Crippen LogP contribution in [0.2, 0.25) is 5.02 Å². The number of hydrogen-bond donors (Lipinski definition) is 3. The lowest BCUT2D eigenvalue weighted by molar-refractivity contribution is -0.136. The van der Waals surface area contributed by atoms with Crippen molar-refractivity contribution in [2.24, 2.45) is 11.7 Å². The second-order valence-corrected chi connectivity index (χ2v) is 11.9. The first-order chi connectivity index (χ1) is 20.5. The summed E-state index contributed by atoms with van der Waals surface area (Å²) < 4.78 is 31.3. The van der Waals surface area contributed by atoms with Gasteiger partial charge in [-0.15, -0.1) is 0 Å². The van der Waals surface area contributed by atoms with Gasteiger partial charge in [-0.05, 0) is 60.2 Å². The number of carbonyl (C=O) groups is 3. The Hall–Kier alpha value is -4.24. The van der Waals surface area contributed by atoms with Gasteiger partial charge in [-0.2, -0.15) is 0 Å². The normalized spacial score (nSPS) is 17.0. The Labute approximate surface area is 253 Å². The van der Waals surface area contributed by atoms with Crippen LogP contribution in [0.15, 0.2) is 66.7 Å². The Morgan fingerprint density at radius 1 is 1.00 bits per heavy atom. The molecule has 1 heterocycles. The second kappa shape index (κ2) is 12.2. The number of para-hydroxylation sites is 1. The van der Waals surface area contributed by atoms with Gasteiger partial charge in [0.1, 0.15) is 23.2 Å². The van der Waals surface area contributed by atoms with Crippen molar-refractivity contribution in [3.8, 4) is 0 Å². The zero-order valence-electron chi connectivity index (χ0n) is 23.9. The van der Waals surface area contributed by atoms with Crippen LogP contribution >= 0.6 is 11.6 Å². The van der Waals surface area contributed by atoms with Crippen LogP contribution in [-0.2, 0) is 40.2 Å². The molecule has 4 N–H and O–H groups in total. The number of primary amides is 1. The first-order valence-electron chi connectivity index (χ1n) is 14.2. The molecule has 0 saturated heterocycles. The lowest BCUT2D eigenvalue weighted by Gasteiger charge is -2.38. The molecule has 0 aliphatic heterocycles. The molecule has 7 nitrogen and oxygen atoms in total. The van der Waals surface area contributed by atoms with Crippen LogP contribution in [0.4, 0.5) is 8.78 Å². The van der Waals surface area contributed by atoms with E-state index in [1.165, 1.54) is 18.2 Å². The Morgan fingerprint density at radius 3 is 2.33 bits per heavy atom. The fourth-order valence-corrected chi connectivity index (χ4v) is 6.08. The smallest absolute Gasteiger partial charge is 0.246 e. The van der Waals surface area contributed by atoms with Crippen LogP contribution in [0.3, 0.4) is 0 Å². The van der Waals surface area contributed by atoms with Crippen LogP contribution < -0.4 is 16.4 Å². The third kappa shape index (κ3) is 6.13. The van der Waals surface area contributed by atoms with E-state index in [9.17, 15) is 23.2 Å². The van der Waals surface area contributed by atoms with Crippen molar-refractivity contribution in [1.29, 1.82) is 0 Å². The Balaban J connectivity index is 1.55. The molecule has 3 amide bonds. The number of benzene rings is 3. The molecule has 1 aliphatic rings. The van der Waals surface area contributed by atoms with E-state index >= 15 is 0 Å². The van der Waals surface area contributed by atoms with Crippen LogP contribution in [0.1, 0.15) is 42.7 Å². The summed E-state index contributed by atoms with van der Waals surface area (Å²) in [5.41, 5.74) is 7.25. The van der Waals surface area contributed by atoms with E-state index in [4.69, 9.17) is 17.3 Å². The second-order valence-electron chi connectivity index (χ2n) is 11.4. The Kier molecular flexibility index (Phi) is 8.55. The first kappa shape index (κ1) is 30.2. The topological polar surface area (TPSA) is 106 Å². The standard InChI is InChI=1S/C33H33ClF2N4O3/c1-19(2)30(31(37)42)38-32(43)33(39-29(41)16-20-10-12-21(34)13-11-20)15-14-28-23(17-33)22-6-3-4-9-27(22)40(28)18-24-25(35)7-5-8-26(24)36/h3-13,19,30H,14-18H2,1-2H3,(H2,37,42)(H,38,43)(H,39,41)/t30-,33-/m0/s1. The highest BCUT2D eigenvalue weighted by Crippen LogP contribution is 2.37. The van der Waals surface area contributed by atoms with Crippen molar-refractivity contribution >= 4 is 40.2 Å². The molecular formula is C33H33ClF2N4O3. The molecule has 1 aliphatic carbocycles. The summed E-state index contributed by atoms with van der Waals surface area (Å²) in [6, 6.07) is 17.2. The molecule has 4 aromatic rings. The third-order valence-electron chi connectivity index (χ3n) is 8.19. The van der Waals surface area contributed by atoms with Crippen LogP contribution in [-0.4, -0.2) is 33.9 Å². The van der Waals surface area contributed by atoms with Crippen molar-refractivity contribution in [3.05, 3.63) is 106 Å². The van der Waals surface area contributed by atoms with Crippen LogP contribution in [0.5, 0.6) is 0 Å². The van der Waals surface area contributed by atoms with Gasteiger partial charge in [0.15, 0.2) is 0 Å². The number of carbonyl (C=O) groups excluding carboxylic acids is 3. The lowest BCUT2D eigenvalue weighted by atomic mass is 9.78. The van der Waals surface area contributed by atoms with Gasteiger partial charge in [-0.25, -0.2) is 8.78 Å². The molecule has 5 rings (SSSR count). The molecule has 0 bridgehead atoms. The summed E-state index contributed by atoms with van der Waals surface area (Å²) in [6.45, 7) is 3.51. The summed E-state index contributed by atoms with van der Waals surface area (Å²) in [5.74, 6) is -3.13. The van der Waals surface area contributed by atoms with Gasteiger partial charge in [0, 0.05) is 33.6 Å². The largest absolute Gasteiger partial charge is 0.368 e. The number of aromatic nitrogens is 1. The molecule has 43 heavy (non-hydrogen) atoms.